The molecular weight excluding hydrogens is 394 g/mol. The zero-order valence-electron chi connectivity index (χ0n) is 18.1. The molecule has 1 aromatic carbocycles. The summed E-state index contributed by atoms with van der Waals surface area (Å²) in [7, 11) is 0. The number of nitrogens with one attached hydrogen (secondary N) is 1. The molecule has 0 radical (unpaired) electrons. The second kappa shape index (κ2) is 9.22. The van der Waals surface area contributed by atoms with Crippen molar-refractivity contribution >= 4 is 28.7 Å². The summed E-state index contributed by atoms with van der Waals surface area (Å²) >= 11 is 0. The number of anilines is 1. The second-order valence-electron chi connectivity index (χ2n) is 7.41. The largest absolute Gasteiger partial charge is 0.382 e. The summed E-state index contributed by atoms with van der Waals surface area (Å²) < 4.78 is 9.21. The number of rotatable bonds is 9. The van der Waals surface area contributed by atoms with E-state index in [1.807, 2.05) is 49.6 Å². The summed E-state index contributed by atoms with van der Waals surface area (Å²) in [6, 6.07) is 7.90. The van der Waals surface area contributed by atoms with Gasteiger partial charge in [-0.2, -0.15) is 10.1 Å². The molecule has 0 bridgehead atoms. The van der Waals surface area contributed by atoms with Gasteiger partial charge in [-0.05, 0) is 51.3 Å². The maximum Gasteiger partial charge on any atom is 0.252 e. The Morgan fingerprint density at radius 2 is 2.03 bits per heavy atom. The van der Waals surface area contributed by atoms with Gasteiger partial charge < -0.3 is 9.30 Å². The van der Waals surface area contributed by atoms with Gasteiger partial charge in [0.25, 0.3) is 5.78 Å². The number of hydrogen-bond acceptors (Lipinski definition) is 6. The Balaban J connectivity index is 1.48. The predicted octanol–water partition coefficient (Wildman–Crippen LogP) is 3.09. The standard InChI is InChI=1S/C22H27N7O2/c1-4-31-13-7-12-28-19-9-6-5-8-18(19)26-22(28)27-20(30)11-10-17-15(2)25-21-23-14-24-29(21)16(17)3/h5-6,8-9,14H,4,7,10-13H2,1-3H3,(H,26,27,30). The van der Waals surface area contributed by atoms with Crippen molar-refractivity contribution in [2.24, 2.45) is 0 Å². The fraction of sp³-hybridized carbons (Fsp3) is 0.409. The number of para-hydroxylation sites is 2. The molecule has 1 N–H and O–H groups in total. The van der Waals surface area contributed by atoms with E-state index in [0.29, 0.717) is 37.8 Å². The van der Waals surface area contributed by atoms with Crippen LogP contribution in [0.25, 0.3) is 16.8 Å². The fourth-order valence-electron chi connectivity index (χ4n) is 3.81. The summed E-state index contributed by atoms with van der Waals surface area (Å²) in [5, 5.41) is 7.21. The summed E-state index contributed by atoms with van der Waals surface area (Å²) in [5.74, 6) is 1.06. The molecule has 9 heteroatoms. The molecule has 3 aromatic heterocycles. The molecule has 0 unspecified atom stereocenters. The van der Waals surface area contributed by atoms with Crippen LogP contribution in [0.1, 0.15) is 36.7 Å². The average Bonchev–Trinajstić information content (AvgIpc) is 3.35. The van der Waals surface area contributed by atoms with E-state index in [1.54, 1.807) is 4.52 Å². The highest BCUT2D eigenvalue weighted by Crippen LogP contribution is 2.21. The number of hydrogen-bond donors (Lipinski definition) is 1. The van der Waals surface area contributed by atoms with Crippen LogP contribution in [0.2, 0.25) is 0 Å². The van der Waals surface area contributed by atoms with Crippen LogP contribution < -0.4 is 5.32 Å². The Bertz CT molecular complexity index is 1210. The zero-order valence-corrected chi connectivity index (χ0v) is 18.1. The number of amides is 1. The van der Waals surface area contributed by atoms with Crippen molar-refractivity contribution in [3.63, 3.8) is 0 Å². The molecule has 0 fully saturated rings. The number of ether oxygens (including phenoxy) is 1. The number of aromatic nitrogens is 6. The van der Waals surface area contributed by atoms with Crippen LogP contribution in [0, 0.1) is 13.8 Å². The predicted molar refractivity (Wildman–Crippen MR) is 118 cm³/mol. The topological polar surface area (TPSA) is 99.2 Å². The molecule has 0 aliphatic rings. The van der Waals surface area contributed by atoms with Crippen LogP contribution in [0.4, 0.5) is 5.95 Å². The van der Waals surface area contributed by atoms with Crippen LogP contribution in [-0.2, 0) is 22.5 Å². The van der Waals surface area contributed by atoms with Gasteiger partial charge in [0, 0.05) is 37.6 Å². The number of carbonyl (C=O) groups is 1. The van der Waals surface area contributed by atoms with E-state index in [4.69, 9.17) is 4.74 Å². The maximum absolute atomic E-state index is 12.8. The minimum Gasteiger partial charge on any atom is -0.382 e. The van der Waals surface area contributed by atoms with Gasteiger partial charge in [-0.25, -0.2) is 14.5 Å². The molecule has 0 spiro atoms. The van der Waals surface area contributed by atoms with E-state index < -0.39 is 0 Å². The van der Waals surface area contributed by atoms with Crippen molar-refractivity contribution in [3.8, 4) is 0 Å². The Morgan fingerprint density at radius 1 is 1.19 bits per heavy atom. The third-order valence-corrected chi connectivity index (χ3v) is 5.37. The molecule has 0 saturated carbocycles. The van der Waals surface area contributed by atoms with Gasteiger partial charge in [-0.3, -0.25) is 10.1 Å². The number of nitrogens with zero attached hydrogens (tertiary/aromatic N) is 6. The number of imidazole rings is 1. The lowest BCUT2D eigenvalue weighted by Crippen LogP contribution is -2.18. The van der Waals surface area contributed by atoms with E-state index in [-0.39, 0.29) is 5.91 Å². The van der Waals surface area contributed by atoms with Crippen LogP contribution in [0.5, 0.6) is 0 Å². The minimum atomic E-state index is -0.0844. The van der Waals surface area contributed by atoms with Crippen LogP contribution in [0.3, 0.4) is 0 Å². The highest BCUT2D eigenvalue weighted by Gasteiger charge is 2.16. The van der Waals surface area contributed by atoms with Crippen molar-refractivity contribution < 1.29 is 9.53 Å². The molecule has 162 valence electrons. The summed E-state index contributed by atoms with van der Waals surface area (Å²) in [5.41, 5.74) is 4.70. The van der Waals surface area contributed by atoms with Crippen molar-refractivity contribution in [2.75, 3.05) is 18.5 Å². The first-order valence-corrected chi connectivity index (χ1v) is 10.6. The van der Waals surface area contributed by atoms with Crippen molar-refractivity contribution in [1.82, 2.24) is 29.1 Å². The third-order valence-electron chi connectivity index (χ3n) is 5.37. The first-order chi connectivity index (χ1) is 15.1. The van der Waals surface area contributed by atoms with E-state index >= 15 is 0 Å². The minimum absolute atomic E-state index is 0.0844. The highest BCUT2D eigenvalue weighted by atomic mass is 16.5. The molecule has 1 amide bonds. The molecule has 0 aliphatic heterocycles. The Morgan fingerprint density at radius 3 is 2.87 bits per heavy atom. The number of benzene rings is 1. The zero-order chi connectivity index (χ0) is 21.8. The molecule has 0 atom stereocenters. The lowest BCUT2D eigenvalue weighted by atomic mass is 10.1. The van der Waals surface area contributed by atoms with Crippen LogP contribution >= 0.6 is 0 Å². The van der Waals surface area contributed by atoms with Gasteiger partial charge in [0.15, 0.2) is 0 Å². The number of aryl methyl sites for hydroxylation is 3. The molecule has 9 nitrogen and oxygen atoms in total. The SMILES string of the molecule is CCOCCCn1c(NC(=O)CCc2c(C)nc3ncnn3c2C)nc2ccccc21. The van der Waals surface area contributed by atoms with Gasteiger partial charge in [0.2, 0.25) is 11.9 Å². The smallest absolute Gasteiger partial charge is 0.252 e. The van der Waals surface area contributed by atoms with Crippen LogP contribution in [0.15, 0.2) is 30.6 Å². The Hall–Kier alpha value is -3.33. The summed E-state index contributed by atoms with van der Waals surface area (Å²) in [4.78, 5) is 26.0. The van der Waals surface area contributed by atoms with E-state index in [9.17, 15) is 4.79 Å². The maximum atomic E-state index is 12.8. The lowest BCUT2D eigenvalue weighted by Gasteiger charge is -2.12. The molecule has 31 heavy (non-hydrogen) atoms. The van der Waals surface area contributed by atoms with Gasteiger partial charge >= 0.3 is 0 Å². The highest BCUT2D eigenvalue weighted by molar-refractivity contribution is 5.91. The van der Waals surface area contributed by atoms with Gasteiger partial charge in [-0.1, -0.05) is 12.1 Å². The normalized spacial score (nSPS) is 11.5. The average molecular weight is 422 g/mol. The fourth-order valence-corrected chi connectivity index (χ4v) is 3.81. The summed E-state index contributed by atoms with van der Waals surface area (Å²) in [6.07, 6.45) is 3.23. The quantitative estimate of drug-likeness (QED) is 0.417. The monoisotopic (exact) mass is 421 g/mol. The van der Waals surface area contributed by atoms with Gasteiger partial charge in [0.1, 0.15) is 6.33 Å². The number of fused-ring (bicyclic) bond motifs is 2. The van der Waals surface area contributed by atoms with E-state index in [1.165, 1.54) is 6.33 Å². The molecular formula is C22H27N7O2. The van der Waals surface area contributed by atoms with Gasteiger partial charge in [0.05, 0.1) is 11.0 Å². The lowest BCUT2D eigenvalue weighted by molar-refractivity contribution is -0.116. The molecule has 0 aliphatic carbocycles. The Labute approximate surface area is 180 Å². The molecule has 4 rings (SSSR count). The first-order valence-electron chi connectivity index (χ1n) is 10.6. The molecule has 4 aromatic rings. The second-order valence-corrected chi connectivity index (χ2v) is 7.41. The van der Waals surface area contributed by atoms with E-state index in [2.05, 4.69) is 25.4 Å². The van der Waals surface area contributed by atoms with Crippen LogP contribution in [-0.4, -0.2) is 48.3 Å². The third kappa shape index (κ3) is 4.41. The molecule has 0 saturated heterocycles. The van der Waals surface area contributed by atoms with Crippen molar-refractivity contribution in [3.05, 3.63) is 47.5 Å². The molecule has 3 heterocycles. The number of carbonyl (C=O) groups excluding carboxylic acids is 1. The summed E-state index contributed by atoms with van der Waals surface area (Å²) in [6.45, 7) is 7.99. The van der Waals surface area contributed by atoms with Crippen molar-refractivity contribution in [2.45, 2.75) is 46.6 Å². The van der Waals surface area contributed by atoms with Crippen molar-refractivity contribution in [1.29, 1.82) is 0 Å². The Kier molecular flexibility index (Phi) is 6.22. The van der Waals surface area contributed by atoms with E-state index in [0.717, 1.165) is 41.0 Å². The first kappa shape index (κ1) is 20.9. The van der Waals surface area contributed by atoms with Gasteiger partial charge in [-0.15, -0.1) is 0 Å².